The third kappa shape index (κ3) is 6.40. The van der Waals surface area contributed by atoms with Crippen molar-refractivity contribution in [3.63, 3.8) is 0 Å². The molecule has 0 unspecified atom stereocenters. The Balaban J connectivity index is 0.000000209. The summed E-state index contributed by atoms with van der Waals surface area (Å²) in [5.74, 6) is 0. The van der Waals surface area contributed by atoms with Crippen molar-refractivity contribution in [3.8, 4) is 39.7 Å². The van der Waals surface area contributed by atoms with Crippen LogP contribution in [0.2, 0.25) is 0 Å². The molecule has 0 aliphatic carbocycles. The third-order valence-electron chi connectivity index (χ3n) is 9.29. The molecule has 0 atom stereocenters. The maximum atomic E-state index is 10.1. The number of benzene rings is 6. The molecule has 0 aliphatic rings. The van der Waals surface area contributed by atoms with Crippen molar-refractivity contribution >= 4 is 43.5 Å². The van der Waals surface area contributed by atoms with Crippen LogP contribution in [0, 0.1) is 23.5 Å². The number of aromatic nitrogens is 2. The number of pyridine rings is 2. The van der Waals surface area contributed by atoms with E-state index in [-0.39, 0.29) is 25.5 Å². The summed E-state index contributed by atoms with van der Waals surface area (Å²) in [6.07, 6.45) is 3.72. The van der Waals surface area contributed by atoms with E-state index in [0.717, 1.165) is 66.2 Å². The molecule has 5 heteroatoms. The van der Waals surface area contributed by atoms with E-state index < -0.39 is 0 Å². The summed E-state index contributed by atoms with van der Waals surface area (Å²) in [5, 5.41) is 16.6. The molecule has 1 radical (unpaired) electrons. The van der Waals surface area contributed by atoms with Gasteiger partial charge in [-0.25, -0.2) is 0 Å². The Morgan fingerprint density at radius 2 is 1.38 bits per heavy atom. The molecular weight excluding hydrogens is 815 g/mol. The van der Waals surface area contributed by atoms with Crippen molar-refractivity contribution in [2.24, 2.45) is 0 Å². The van der Waals surface area contributed by atoms with Gasteiger partial charge >= 0.3 is 0 Å². The SMILES string of the molecule is CC(C)(C)c1ccc(-c2[c-]cccc2)nc1.N#Cc1ccc2c(oc3c(-c4ccccn4)[c-]ccc32)c1-c1cc2ccccc2c2ccccc12.[Ir]. The zero-order valence-corrected chi connectivity index (χ0v) is 31.3. The van der Waals surface area contributed by atoms with E-state index in [0.29, 0.717) is 11.1 Å². The number of hydrogen-bond acceptors (Lipinski definition) is 4. The second kappa shape index (κ2) is 14.4. The van der Waals surface area contributed by atoms with E-state index in [4.69, 9.17) is 4.42 Å². The van der Waals surface area contributed by atoms with E-state index in [1.807, 2.05) is 85.1 Å². The van der Waals surface area contributed by atoms with Gasteiger partial charge in [0, 0.05) is 43.4 Å². The predicted molar refractivity (Wildman–Crippen MR) is 208 cm³/mol. The van der Waals surface area contributed by atoms with E-state index in [2.05, 4.69) is 104 Å². The van der Waals surface area contributed by atoms with Gasteiger partial charge in [0.15, 0.2) is 0 Å². The minimum absolute atomic E-state index is 0. The molecular formula is C47H33IrN3O-2. The standard InChI is InChI=1S/C32H17N2O.C15H16N.Ir/c33-19-21-15-16-26-25-12-7-13-27(29-14-5-6-17-34-29)31(25)35-32(26)30(21)28-18-20-8-1-2-9-22(20)23-10-3-4-11-24(23)28;1-15(2,3)13-9-10-14(16-11-13)12-7-5-4-6-8-12;/h1-12,14-18H;4-7,9-11H,1-3H3;/q2*-1;. The summed E-state index contributed by atoms with van der Waals surface area (Å²) < 4.78 is 6.60. The molecule has 3 aromatic heterocycles. The summed E-state index contributed by atoms with van der Waals surface area (Å²) >= 11 is 0. The second-order valence-electron chi connectivity index (χ2n) is 13.5. The summed E-state index contributed by atoms with van der Waals surface area (Å²) in [6, 6.07) is 53.5. The summed E-state index contributed by atoms with van der Waals surface area (Å²) in [4.78, 5) is 9.00. The molecule has 0 saturated heterocycles. The molecule has 0 fully saturated rings. The minimum Gasteiger partial charge on any atom is -0.500 e. The smallest absolute Gasteiger partial charge is 0.130 e. The number of hydrogen-bond donors (Lipinski definition) is 0. The number of furan rings is 1. The number of rotatable bonds is 3. The molecule has 9 rings (SSSR count). The maximum Gasteiger partial charge on any atom is 0.130 e. The Hall–Kier alpha value is -5.92. The first-order valence-corrected chi connectivity index (χ1v) is 17.0. The van der Waals surface area contributed by atoms with Crippen molar-refractivity contribution in [1.29, 1.82) is 5.26 Å². The van der Waals surface area contributed by atoms with Gasteiger partial charge in [-0.1, -0.05) is 111 Å². The van der Waals surface area contributed by atoms with Gasteiger partial charge in [-0.15, -0.1) is 54.1 Å². The van der Waals surface area contributed by atoms with Crippen LogP contribution in [0.25, 0.3) is 77.1 Å². The van der Waals surface area contributed by atoms with Gasteiger partial charge in [0.05, 0.1) is 17.2 Å². The van der Waals surface area contributed by atoms with Crippen LogP contribution in [-0.2, 0) is 25.5 Å². The van der Waals surface area contributed by atoms with E-state index in [1.54, 1.807) is 6.20 Å². The topological polar surface area (TPSA) is 62.7 Å². The first-order chi connectivity index (χ1) is 24.9. The molecule has 3 heterocycles. The van der Waals surface area contributed by atoms with Crippen LogP contribution in [0.4, 0.5) is 0 Å². The van der Waals surface area contributed by atoms with Gasteiger partial charge in [0.1, 0.15) is 5.58 Å². The maximum absolute atomic E-state index is 10.1. The number of nitrogens with zero attached hydrogens (tertiary/aromatic N) is 3. The van der Waals surface area contributed by atoms with E-state index >= 15 is 0 Å². The van der Waals surface area contributed by atoms with Crippen molar-refractivity contribution in [2.75, 3.05) is 0 Å². The van der Waals surface area contributed by atoms with Gasteiger partial charge in [-0.05, 0) is 67.7 Å². The molecule has 52 heavy (non-hydrogen) atoms. The predicted octanol–water partition coefficient (Wildman–Crippen LogP) is 12.1. The Labute approximate surface area is 316 Å². The monoisotopic (exact) mass is 848 g/mol. The van der Waals surface area contributed by atoms with Crippen molar-refractivity contribution in [1.82, 2.24) is 9.97 Å². The zero-order valence-electron chi connectivity index (χ0n) is 28.9. The average molecular weight is 848 g/mol. The largest absolute Gasteiger partial charge is 0.500 e. The molecule has 0 spiro atoms. The van der Waals surface area contributed by atoms with Crippen LogP contribution in [0.3, 0.4) is 0 Å². The number of nitriles is 1. The van der Waals surface area contributed by atoms with E-state index in [1.165, 1.54) is 10.9 Å². The van der Waals surface area contributed by atoms with Crippen molar-refractivity contribution in [2.45, 2.75) is 26.2 Å². The fourth-order valence-electron chi connectivity index (χ4n) is 6.68. The van der Waals surface area contributed by atoms with Gasteiger partial charge in [0.2, 0.25) is 0 Å². The molecule has 0 bridgehead atoms. The van der Waals surface area contributed by atoms with Crippen LogP contribution < -0.4 is 0 Å². The fourth-order valence-corrected chi connectivity index (χ4v) is 6.68. The molecule has 0 aliphatic heterocycles. The van der Waals surface area contributed by atoms with Crippen LogP contribution in [0.5, 0.6) is 0 Å². The third-order valence-corrected chi connectivity index (χ3v) is 9.29. The average Bonchev–Trinajstić information content (AvgIpc) is 3.57. The summed E-state index contributed by atoms with van der Waals surface area (Å²) in [5.41, 5.74) is 8.87. The van der Waals surface area contributed by atoms with E-state index in [9.17, 15) is 5.26 Å². The molecule has 6 aromatic carbocycles. The van der Waals surface area contributed by atoms with Gasteiger partial charge in [-0.3, -0.25) is 0 Å². The number of fused-ring (bicyclic) bond motifs is 6. The van der Waals surface area contributed by atoms with Gasteiger partial charge in [-0.2, -0.15) is 5.26 Å². The van der Waals surface area contributed by atoms with Crippen LogP contribution in [0.15, 0.2) is 150 Å². The Morgan fingerprint density at radius 3 is 2.10 bits per heavy atom. The van der Waals surface area contributed by atoms with Crippen molar-refractivity contribution in [3.05, 3.63) is 169 Å². The Kier molecular flexibility index (Phi) is 9.54. The van der Waals surface area contributed by atoms with Gasteiger partial charge in [0.25, 0.3) is 0 Å². The Morgan fingerprint density at radius 1 is 0.635 bits per heavy atom. The van der Waals surface area contributed by atoms with Crippen molar-refractivity contribution < 1.29 is 24.5 Å². The molecule has 0 saturated carbocycles. The van der Waals surface area contributed by atoms with Crippen LogP contribution >= 0.6 is 0 Å². The zero-order chi connectivity index (χ0) is 35.0. The molecule has 0 amide bonds. The first kappa shape index (κ1) is 34.5. The van der Waals surface area contributed by atoms with Crippen LogP contribution in [0.1, 0.15) is 31.9 Å². The normalized spacial score (nSPS) is 11.2. The summed E-state index contributed by atoms with van der Waals surface area (Å²) in [7, 11) is 0. The first-order valence-electron chi connectivity index (χ1n) is 17.0. The molecule has 9 aromatic rings. The fraction of sp³-hybridized carbons (Fsp3) is 0.0851. The molecule has 4 nitrogen and oxygen atoms in total. The Bertz CT molecular complexity index is 2720. The second-order valence-corrected chi connectivity index (χ2v) is 13.5. The molecule has 0 N–H and O–H groups in total. The molecule has 253 valence electrons. The van der Waals surface area contributed by atoms with Gasteiger partial charge < -0.3 is 14.4 Å². The summed E-state index contributed by atoms with van der Waals surface area (Å²) in [6.45, 7) is 6.58. The minimum atomic E-state index is 0. The quantitative estimate of drug-likeness (QED) is 0.131. The van der Waals surface area contributed by atoms with Crippen LogP contribution in [-0.4, -0.2) is 9.97 Å².